The lowest BCUT2D eigenvalue weighted by molar-refractivity contribution is 0.169. The SMILES string of the molecule is CC1CCCN(C(=O)NCc2ccccc2Cl)C1. The van der Waals surface area contributed by atoms with E-state index in [1.807, 2.05) is 29.2 Å². The molecule has 0 saturated carbocycles. The Kier molecular flexibility index (Phi) is 4.48. The molecule has 1 atom stereocenters. The van der Waals surface area contributed by atoms with Crippen molar-refractivity contribution in [2.45, 2.75) is 26.3 Å². The average molecular weight is 267 g/mol. The summed E-state index contributed by atoms with van der Waals surface area (Å²) in [5, 5.41) is 3.63. The maximum atomic E-state index is 12.0. The van der Waals surface area contributed by atoms with Crippen LogP contribution in [0.5, 0.6) is 0 Å². The third-order valence-electron chi connectivity index (χ3n) is 3.33. The molecule has 3 nitrogen and oxygen atoms in total. The zero-order valence-electron chi connectivity index (χ0n) is 10.7. The molecule has 0 spiro atoms. The predicted octanol–water partition coefficient (Wildman–Crippen LogP) is 3.28. The number of amides is 2. The Balaban J connectivity index is 1.86. The number of carbonyl (C=O) groups excluding carboxylic acids is 1. The number of hydrogen-bond acceptors (Lipinski definition) is 1. The number of halogens is 1. The van der Waals surface area contributed by atoms with Crippen LogP contribution in [0.2, 0.25) is 5.02 Å². The molecule has 0 aromatic heterocycles. The molecule has 1 heterocycles. The lowest BCUT2D eigenvalue weighted by Gasteiger charge is -2.31. The number of hydrogen-bond donors (Lipinski definition) is 1. The molecule has 18 heavy (non-hydrogen) atoms. The van der Waals surface area contributed by atoms with Gasteiger partial charge in [0.15, 0.2) is 0 Å². The number of nitrogens with one attached hydrogen (secondary N) is 1. The number of benzene rings is 1. The van der Waals surface area contributed by atoms with Gasteiger partial charge in [-0.3, -0.25) is 0 Å². The van der Waals surface area contributed by atoms with Crippen LogP contribution in [0.3, 0.4) is 0 Å². The maximum Gasteiger partial charge on any atom is 0.317 e. The van der Waals surface area contributed by atoms with E-state index < -0.39 is 0 Å². The average Bonchev–Trinajstić information content (AvgIpc) is 2.37. The summed E-state index contributed by atoms with van der Waals surface area (Å²) in [4.78, 5) is 13.9. The molecule has 4 heteroatoms. The van der Waals surface area contributed by atoms with E-state index in [-0.39, 0.29) is 6.03 Å². The molecule has 1 saturated heterocycles. The second-order valence-electron chi connectivity index (χ2n) is 4.94. The minimum absolute atomic E-state index is 0.0152. The fraction of sp³-hybridized carbons (Fsp3) is 0.500. The van der Waals surface area contributed by atoms with Crippen molar-refractivity contribution in [3.8, 4) is 0 Å². The fourth-order valence-electron chi connectivity index (χ4n) is 2.30. The Bertz CT molecular complexity index is 422. The number of carbonyl (C=O) groups is 1. The third kappa shape index (κ3) is 3.39. The van der Waals surface area contributed by atoms with E-state index in [2.05, 4.69) is 12.2 Å². The fourth-order valence-corrected chi connectivity index (χ4v) is 2.50. The Morgan fingerprint density at radius 1 is 1.50 bits per heavy atom. The van der Waals surface area contributed by atoms with Crippen LogP contribution in [0.1, 0.15) is 25.3 Å². The Hall–Kier alpha value is -1.22. The van der Waals surface area contributed by atoms with E-state index in [4.69, 9.17) is 11.6 Å². The smallest absolute Gasteiger partial charge is 0.317 e. The second kappa shape index (κ2) is 6.10. The summed E-state index contributed by atoms with van der Waals surface area (Å²) in [5.41, 5.74) is 0.956. The van der Waals surface area contributed by atoms with Crippen molar-refractivity contribution in [2.75, 3.05) is 13.1 Å². The Morgan fingerprint density at radius 2 is 2.28 bits per heavy atom. The van der Waals surface area contributed by atoms with Crippen molar-refractivity contribution < 1.29 is 4.79 Å². The molecule has 1 aliphatic rings. The van der Waals surface area contributed by atoms with Crippen LogP contribution >= 0.6 is 11.6 Å². The van der Waals surface area contributed by atoms with Crippen molar-refractivity contribution in [1.29, 1.82) is 0 Å². The highest BCUT2D eigenvalue weighted by atomic mass is 35.5. The van der Waals surface area contributed by atoms with E-state index in [0.717, 1.165) is 25.1 Å². The predicted molar refractivity (Wildman–Crippen MR) is 73.7 cm³/mol. The van der Waals surface area contributed by atoms with Gasteiger partial charge >= 0.3 is 6.03 Å². The Morgan fingerprint density at radius 3 is 3.00 bits per heavy atom. The van der Waals surface area contributed by atoms with Crippen LogP contribution in [0.4, 0.5) is 4.79 Å². The van der Waals surface area contributed by atoms with E-state index in [9.17, 15) is 4.79 Å². The van der Waals surface area contributed by atoms with Crippen molar-refractivity contribution in [1.82, 2.24) is 10.2 Å². The van der Waals surface area contributed by atoms with Crippen LogP contribution < -0.4 is 5.32 Å². The summed E-state index contributed by atoms with van der Waals surface area (Å²) in [5.74, 6) is 0.602. The normalized spacial score (nSPS) is 19.7. The summed E-state index contributed by atoms with van der Waals surface area (Å²) < 4.78 is 0. The zero-order valence-corrected chi connectivity index (χ0v) is 11.4. The molecular weight excluding hydrogens is 248 g/mol. The molecule has 0 bridgehead atoms. The van der Waals surface area contributed by atoms with Crippen LogP contribution in [0.25, 0.3) is 0 Å². The minimum atomic E-state index is 0.0152. The molecule has 1 aromatic rings. The van der Waals surface area contributed by atoms with Crippen LogP contribution in [0, 0.1) is 5.92 Å². The summed E-state index contributed by atoms with van der Waals surface area (Å²) in [6.07, 6.45) is 2.31. The minimum Gasteiger partial charge on any atom is -0.334 e. The van der Waals surface area contributed by atoms with Crippen molar-refractivity contribution >= 4 is 17.6 Å². The van der Waals surface area contributed by atoms with Gasteiger partial charge in [-0.05, 0) is 30.4 Å². The Labute approximate surface area is 113 Å². The van der Waals surface area contributed by atoms with Gasteiger partial charge in [0.1, 0.15) is 0 Å². The van der Waals surface area contributed by atoms with E-state index in [1.165, 1.54) is 6.42 Å². The summed E-state index contributed by atoms with van der Waals surface area (Å²) in [6, 6.07) is 7.60. The maximum absolute atomic E-state index is 12.0. The van der Waals surface area contributed by atoms with Crippen LogP contribution in [0.15, 0.2) is 24.3 Å². The molecule has 0 radical (unpaired) electrons. The van der Waals surface area contributed by atoms with Crippen LogP contribution in [-0.4, -0.2) is 24.0 Å². The number of piperidine rings is 1. The molecule has 98 valence electrons. The first-order valence-corrected chi connectivity index (χ1v) is 6.81. The zero-order chi connectivity index (χ0) is 13.0. The quantitative estimate of drug-likeness (QED) is 0.875. The van der Waals surface area contributed by atoms with E-state index >= 15 is 0 Å². The van der Waals surface area contributed by atoms with Crippen molar-refractivity contribution in [3.05, 3.63) is 34.9 Å². The molecule has 0 aliphatic carbocycles. The highest BCUT2D eigenvalue weighted by Gasteiger charge is 2.20. The number of rotatable bonds is 2. The topological polar surface area (TPSA) is 32.3 Å². The van der Waals surface area contributed by atoms with Crippen molar-refractivity contribution in [2.24, 2.45) is 5.92 Å². The largest absolute Gasteiger partial charge is 0.334 e. The highest BCUT2D eigenvalue weighted by Crippen LogP contribution is 2.17. The van der Waals surface area contributed by atoms with Gasteiger partial charge in [0, 0.05) is 24.7 Å². The molecule has 1 aliphatic heterocycles. The number of likely N-dealkylation sites (tertiary alicyclic amines) is 1. The van der Waals surface area contributed by atoms with Crippen molar-refractivity contribution in [3.63, 3.8) is 0 Å². The third-order valence-corrected chi connectivity index (χ3v) is 3.70. The summed E-state index contributed by atoms with van der Waals surface area (Å²) >= 11 is 6.05. The second-order valence-corrected chi connectivity index (χ2v) is 5.35. The van der Waals surface area contributed by atoms with Gasteiger partial charge in [0.05, 0.1) is 0 Å². The number of nitrogens with zero attached hydrogens (tertiary/aromatic N) is 1. The first-order valence-electron chi connectivity index (χ1n) is 6.43. The molecule has 2 rings (SSSR count). The van der Waals surface area contributed by atoms with Gasteiger partial charge in [0.2, 0.25) is 0 Å². The first-order chi connectivity index (χ1) is 8.66. The summed E-state index contributed by atoms with van der Waals surface area (Å²) in [7, 11) is 0. The van der Waals surface area contributed by atoms with Gasteiger partial charge < -0.3 is 10.2 Å². The lowest BCUT2D eigenvalue weighted by atomic mass is 10.0. The molecule has 2 amide bonds. The molecule has 1 fully saturated rings. The highest BCUT2D eigenvalue weighted by molar-refractivity contribution is 6.31. The molecule has 1 unspecified atom stereocenters. The molecular formula is C14H19ClN2O. The number of urea groups is 1. The van der Waals surface area contributed by atoms with Gasteiger partial charge in [0.25, 0.3) is 0 Å². The van der Waals surface area contributed by atoms with Crippen LogP contribution in [-0.2, 0) is 6.54 Å². The molecule has 1 aromatic carbocycles. The van der Waals surface area contributed by atoms with Gasteiger partial charge in [-0.2, -0.15) is 0 Å². The summed E-state index contributed by atoms with van der Waals surface area (Å²) in [6.45, 7) is 4.39. The van der Waals surface area contributed by atoms with E-state index in [0.29, 0.717) is 17.5 Å². The van der Waals surface area contributed by atoms with Gasteiger partial charge in [-0.1, -0.05) is 36.7 Å². The monoisotopic (exact) mass is 266 g/mol. The standard InChI is InChI=1S/C14H19ClN2O/c1-11-5-4-8-17(10-11)14(18)16-9-12-6-2-3-7-13(12)15/h2-3,6-7,11H,4-5,8-10H2,1H3,(H,16,18). The first kappa shape index (κ1) is 13.2. The van der Waals surface area contributed by atoms with Gasteiger partial charge in [-0.15, -0.1) is 0 Å². The molecule has 1 N–H and O–H groups in total. The van der Waals surface area contributed by atoms with E-state index in [1.54, 1.807) is 0 Å². The lowest BCUT2D eigenvalue weighted by Crippen LogP contribution is -2.44. The van der Waals surface area contributed by atoms with Gasteiger partial charge in [-0.25, -0.2) is 4.79 Å².